The van der Waals surface area contributed by atoms with Gasteiger partial charge in [0.15, 0.2) is 0 Å². The van der Waals surface area contributed by atoms with Crippen molar-refractivity contribution in [2.45, 2.75) is 24.4 Å². The van der Waals surface area contributed by atoms with Crippen molar-refractivity contribution >= 4 is 11.8 Å². The van der Waals surface area contributed by atoms with Gasteiger partial charge in [-0.2, -0.15) is 0 Å². The fraction of sp³-hybridized carbons (Fsp3) is 0.692. The second-order valence-corrected chi connectivity index (χ2v) is 5.96. The maximum atomic E-state index is 12.1. The highest BCUT2D eigenvalue weighted by molar-refractivity contribution is 6.06. The van der Waals surface area contributed by atoms with Crippen molar-refractivity contribution < 1.29 is 19.1 Å². The lowest BCUT2D eigenvalue weighted by Crippen LogP contribution is -2.44. The van der Waals surface area contributed by atoms with Crippen LogP contribution in [0.2, 0.25) is 0 Å². The molecule has 5 nitrogen and oxygen atoms in total. The molecule has 94 valence electrons. The molecule has 0 spiro atoms. The van der Waals surface area contributed by atoms with Crippen LogP contribution in [0.5, 0.6) is 0 Å². The Morgan fingerprint density at radius 2 is 1.44 bits per heavy atom. The van der Waals surface area contributed by atoms with Gasteiger partial charge in [0.1, 0.15) is 0 Å². The lowest BCUT2D eigenvalue weighted by Gasteiger charge is -2.30. The molecule has 0 aliphatic carbocycles. The quantitative estimate of drug-likeness (QED) is 0.430. The van der Waals surface area contributed by atoms with Gasteiger partial charge in [-0.3, -0.25) is 14.5 Å². The van der Waals surface area contributed by atoms with Gasteiger partial charge < -0.3 is 9.47 Å². The molecule has 0 aromatic heterocycles. The van der Waals surface area contributed by atoms with E-state index in [0.717, 1.165) is 0 Å². The highest BCUT2D eigenvalue weighted by atomic mass is 16.5. The molecule has 18 heavy (non-hydrogen) atoms. The summed E-state index contributed by atoms with van der Waals surface area (Å²) in [6.45, 7) is 0. The monoisotopic (exact) mass is 247 g/mol. The Bertz CT molecular complexity index is 473. The summed E-state index contributed by atoms with van der Waals surface area (Å²) < 4.78 is 11.8. The molecule has 0 radical (unpaired) electrons. The average Bonchev–Trinajstić information content (AvgIpc) is 3.11. The normalized spacial score (nSPS) is 58.8. The molecule has 0 saturated carbocycles. The van der Waals surface area contributed by atoms with Crippen LogP contribution in [-0.4, -0.2) is 48.2 Å². The third kappa shape index (κ3) is 0.788. The van der Waals surface area contributed by atoms with Gasteiger partial charge in [0.25, 0.3) is 0 Å². The first-order chi connectivity index (χ1) is 8.68. The number of rotatable bonds is 0. The molecule has 5 heteroatoms. The molecule has 4 saturated heterocycles. The lowest BCUT2D eigenvalue weighted by atomic mass is 9.65. The van der Waals surface area contributed by atoms with Crippen LogP contribution in [0, 0.1) is 23.7 Å². The van der Waals surface area contributed by atoms with E-state index in [1.807, 2.05) is 0 Å². The number of hydrogen-bond donors (Lipinski definition) is 0. The van der Waals surface area contributed by atoms with E-state index in [-0.39, 0.29) is 59.9 Å². The Labute approximate surface area is 104 Å². The highest BCUT2D eigenvalue weighted by Gasteiger charge is 2.72. The minimum atomic E-state index is -0.259. The number of fused-ring (bicyclic) bond motifs is 12. The van der Waals surface area contributed by atoms with Crippen LogP contribution in [-0.2, 0) is 19.1 Å². The van der Waals surface area contributed by atoms with Crippen molar-refractivity contribution in [3.05, 3.63) is 12.2 Å². The summed E-state index contributed by atoms with van der Waals surface area (Å²) in [7, 11) is 1.58. The fourth-order valence-corrected chi connectivity index (χ4v) is 4.74. The maximum absolute atomic E-state index is 12.1. The zero-order chi connectivity index (χ0) is 12.2. The van der Waals surface area contributed by atoms with Crippen LogP contribution in [0.3, 0.4) is 0 Å². The van der Waals surface area contributed by atoms with Gasteiger partial charge in [0, 0.05) is 18.9 Å². The number of nitrogens with zero attached hydrogens (tertiary/aromatic N) is 1. The summed E-state index contributed by atoms with van der Waals surface area (Å²) in [5, 5.41) is 0. The Hall–Kier alpha value is -1.20. The van der Waals surface area contributed by atoms with Crippen LogP contribution in [0.4, 0.5) is 0 Å². The first-order valence-corrected chi connectivity index (χ1v) is 6.49. The number of likely N-dealkylation sites (tertiary alicyclic amines) is 1. The van der Waals surface area contributed by atoms with E-state index in [1.54, 1.807) is 7.05 Å². The first kappa shape index (κ1) is 9.69. The predicted molar refractivity (Wildman–Crippen MR) is 58.2 cm³/mol. The number of imide groups is 1. The molecule has 5 rings (SSSR count). The smallest absolute Gasteiger partial charge is 0.235 e. The van der Waals surface area contributed by atoms with Crippen LogP contribution in [0.25, 0.3) is 0 Å². The third-order valence-electron chi connectivity index (χ3n) is 5.41. The van der Waals surface area contributed by atoms with Crippen molar-refractivity contribution in [1.29, 1.82) is 0 Å². The molecular formula is C13H13NO4. The van der Waals surface area contributed by atoms with Crippen molar-refractivity contribution in [3.8, 4) is 0 Å². The van der Waals surface area contributed by atoms with Crippen molar-refractivity contribution in [2.24, 2.45) is 23.7 Å². The summed E-state index contributed by atoms with van der Waals surface area (Å²) in [5.41, 5.74) is 0. The molecule has 5 aliphatic rings. The van der Waals surface area contributed by atoms with Crippen LogP contribution >= 0.6 is 0 Å². The minimum Gasteiger partial charge on any atom is -0.372 e. The van der Waals surface area contributed by atoms with Crippen molar-refractivity contribution in [1.82, 2.24) is 4.90 Å². The molecule has 8 atom stereocenters. The zero-order valence-electron chi connectivity index (χ0n) is 9.85. The van der Waals surface area contributed by atoms with E-state index in [2.05, 4.69) is 12.2 Å². The van der Waals surface area contributed by atoms with Gasteiger partial charge in [-0.1, -0.05) is 12.2 Å². The van der Waals surface area contributed by atoms with Gasteiger partial charge in [-0.25, -0.2) is 0 Å². The van der Waals surface area contributed by atoms with Crippen LogP contribution in [0.1, 0.15) is 0 Å². The standard InChI is InChI=1S/C13H13NO4/c1-14-12(15)8-9(13(14)16)11-7-5-3-2-4(17-5)6(7)10(8)18-11/h2-11H,1H3/t4-,5-,6+,7+,8?,9?,10+,11+/m1/s1. The first-order valence-electron chi connectivity index (χ1n) is 6.49. The number of amides is 2. The van der Waals surface area contributed by atoms with Gasteiger partial charge in [0.2, 0.25) is 11.8 Å². The van der Waals surface area contributed by atoms with E-state index < -0.39 is 0 Å². The van der Waals surface area contributed by atoms with Crippen LogP contribution < -0.4 is 0 Å². The second kappa shape index (κ2) is 2.70. The van der Waals surface area contributed by atoms with E-state index in [9.17, 15) is 9.59 Å². The summed E-state index contributed by atoms with van der Waals surface area (Å²) in [6.07, 6.45) is 4.10. The molecule has 0 aromatic rings. The Balaban J connectivity index is 1.62. The average molecular weight is 247 g/mol. The van der Waals surface area contributed by atoms with E-state index in [4.69, 9.17) is 9.47 Å². The Kier molecular flexibility index (Phi) is 1.45. The molecule has 5 heterocycles. The van der Waals surface area contributed by atoms with E-state index >= 15 is 0 Å². The molecule has 5 aliphatic heterocycles. The Morgan fingerprint density at radius 1 is 0.944 bits per heavy atom. The molecule has 4 fully saturated rings. The van der Waals surface area contributed by atoms with Gasteiger partial charge in [-0.05, 0) is 0 Å². The van der Waals surface area contributed by atoms with E-state index in [0.29, 0.717) is 0 Å². The van der Waals surface area contributed by atoms with Gasteiger partial charge in [-0.15, -0.1) is 0 Å². The van der Waals surface area contributed by atoms with Gasteiger partial charge >= 0.3 is 0 Å². The summed E-state index contributed by atoms with van der Waals surface area (Å²) in [4.78, 5) is 25.6. The molecule has 4 bridgehead atoms. The third-order valence-corrected chi connectivity index (χ3v) is 5.41. The van der Waals surface area contributed by atoms with Gasteiger partial charge in [0.05, 0.1) is 36.3 Å². The predicted octanol–water partition coefficient (Wildman–Crippen LogP) is -0.432. The summed E-state index contributed by atoms with van der Waals surface area (Å²) >= 11 is 0. The lowest BCUT2D eigenvalue weighted by molar-refractivity contribution is -0.141. The van der Waals surface area contributed by atoms with Crippen molar-refractivity contribution in [3.63, 3.8) is 0 Å². The molecule has 2 unspecified atom stereocenters. The summed E-state index contributed by atoms with van der Waals surface area (Å²) in [6, 6.07) is 0. The largest absolute Gasteiger partial charge is 0.372 e. The number of carbonyl (C=O) groups is 2. The molecule has 0 N–H and O–H groups in total. The second-order valence-electron chi connectivity index (χ2n) is 5.96. The van der Waals surface area contributed by atoms with E-state index in [1.165, 1.54) is 4.90 Å². The topological polar surface area (TPSA) is 55.8 Å². The minimum absolute atomic E-state index is 0.0669. The maximum Gasteiger partial charge on any atom is 0.235 e. The fourth-order valence-electron chi connectivity index (χ4n) is 4.74. The molecule has 0 aromatic carbocycles. The molecule has 2 amide bonds. The summed E-state index contributed by atoms with van der Waals surface area (Å²) in [5.74, 6) is -0.107. The SMILES string of the molecule is CN1C(=O)C2C(C1=O)[C@H]1O[C@H]2[C@@H]2[C@@H]1[C@H]1C=C[C@H]2O1. The zero-order valence-corrected chi connectivity index (χ0v) is 9.85. The number of carbonyl (C=O) groups excluding carboxylic acids is 2. The molecular weight excluding hydrogens is 234 g/mol. The van der Waals surface area contributed by atoms with Crippen LogP contribution in [0.15, 0.2) is 12.2 Å². The van der Waals surface area contributed by atoms with Crippen molar-refractivity contribution in [2.75, 3.05) is 7.05 Å². The number of hydrogen-bond acceptors (Lipinski definition) is 4. The Morgan fingerprint density at radius 3 is 1.94 bits per heavy atom. The number of ether oxygens (including phenoxy) is 2. The highest BCUT2D eigenvalue weighted by Crippen LogP contribution is 2.60.